The zero-order valence-electron chi connectivity index (χ0n) is 9.87. The van der Waals surface area contributed by atoms with Crippen molar-refractivity contribution in [2.24, 2.45) is 0 Å². The van der Waals surface area contributed by atoms with E-state index in [4.69, 9.17) is 10.00 Å². The van der Waals surface area contributed by atoms with Crippen molar-refractivity contribution >= 4 is 0 Å². The summed E-state index contributed by atoms with van der Waals surface area (Å²) in [6.07, 6.45) is 2.56. The normalized spacial score (nSPS) is 11.6. The maximum absolute atomic E-state index is 9.67. The van der Waals surface area contributed by atoms with Gasteiger partial charge in [-0.1, -0.05) is 6.07 Å². The molecule has 0 aliphatic heterocycles. The number of hydrogen-bond acceptors (Lipinski definition) is 4. The molecule has 0 unspecified atom stereocenters. The molecule has 1 aromatic carbocycles. The molecule has 0 fully saturated rings. The van der Waals surface area contributed by atoms with Gasteiger partial charge in [-0.15, -0.1) is 0 Å². The Bertz CT molecular complexity index is 574. The summed E-state index contributed by atoms with van der Waals surface area (Å²) in [6, 6.07) is 10.5. The molecule has 1 atom stereocenters. The van der Waals surface area contributed by atoms with Crippen LogP contribution in [0.3, 0.4) is 0 Å². The third-order valence-corrected chi connectivity index (χ3v) is 2.45. The molecule has 18 heavy (non-hydrogen) atoms. The lowest BCUT2D eigenvalue weighted by molar-refractivity contribution is 0.195. The van der Waals surface area contributed by atoms with Crippen LogP contribution in [0.1, 0.15) is 24.2 Å². The van der Waals surface area contributed by atoms with E-state index >= 15 is 0 Å². The summed E-state index contributed by atoms with van der Waals surface area (Å²) in [5.41, 5.74) is 1.12. The summed E-state index contributed by atoms with van der Waals surface area (Å²) in [5, 5.41) is 18.5. The van der Waals surface area contributed by atoms with Crippen molar-refractivity contribution in [2.45, 2.75) is 13.0 Å². The third-order valence-electron chi connectivity index (χ3n) is 2.45. The summed E-state index contributed by atoms with van der Waals surface area (Å²) < 4.78 is 5.64. The second-order valence-corrected chi connectivity index (χ2v) is 3.83. The van der Waals surface area contributed by atoms with Crippen molar-refractivity contribution in [3.8, 4) is 17.6 Å². The van der Waals surface area contributed by atoms with E-state index in [1.807, 2.05) is 6.07 Å². The summed E-state index contributed by atoms with van der Waals surface area (Å²) in [7, 11) is 0. The van der Waals surface area contributed by atoms with Crippen molar-refractivity contribution in [1.82, 2.24) is 4.98 Å². The van der Waals surface area contributed by atoms with E-state index in [1.54, 1.807) is 49.6 Å². The lowest BCUT2D eigenvalue weighted by atomic mass is 10.1. The first-order chi connectivity index (χ1) is 8.70. The van der Waals surface area contributed by atoms with Crippen molar-refractivity contribution in [2.75, 3.05) is 0 Å². The molecule has 0 aliphatic rings. The van der Waals surface area contributed by atoms with Crippen LogP contribution >= 0.6 is 0 Å². The maximum Gasteiger partial charge on any atom is 0.145 e. The minimum absolute atomic E-state index is 0.469. The predicted octanol–water partition coefficient (Wildman–Crippen LogP) is 2.80. The van der Waals surface area contributed by atoms with Crippen LogP contribution in [0.4, 0.5) is 0 Å². The monoisotopic (exact) mass is 240 g/mol. The molecular weight excluding hydrogens is 228 g/mol. The van der Waals surface area contributed by atoms with Crippen LogP contribution in [0.15, 0.2) is 42.7 Å². The second kappa shape index (κ2) is 5.30. The van der Waals surface area contributed by atoms with Gasteiger partial charge in [-0.2, -0.15) is 5.26 Å². The zero-order chi connectivity index (χ0) is 13.0. The standard InChI is InChI=1S/C14H12N2O2/c1-10(17)13-5-4-11(8-15)7-14(13)18-12-3-2-6-16-9-12/h2-7,9-10,17H,1H3/t10-/m0/s1. The van der Waals surface area contributed by atoms with Gasteiger partial charge in [-0.3, -0.25) is 4.98 Å². The molecule has 0 radical (unpaired) electrons. The Morgan fingerprint density at radius 1 is 1.39 bits per heavy atom. The largest absolute Gasteiger partial charge is 0.455 e. The van der Waals surface area contributed by atoms with Crippen LogP contribution in [0.5, 0.6) is 11.5 Å². The number of rotatable bonds is 3. The molecule has 4 heteroatoms. The van der Waals surface area contributed by atoms with Gasteiger partial charge < -0.3 is 9.84 Å². The van der Waals surface area contributed by atoms with E-state index in [0.29, 0.717) is 22.6 Å². The van der Waals surface area contributed by atoms with Crippen LogP contribution < -0.4 is 4.74 Å². The number of benzene rings is 1. The van der Waals surface area contributed by atoms with E-state index in [1.165, 1.54) is 0 Å². The number of ether oxygens (including phenoxy) is 1. The first kappa shape index (κ1) is 12.1. The lowest BCUT2D eigenvalue weighted by Crippen LogP contribution is -1.97. The van der Waals surface area contributed by atoms with Gasteiger partial charge >= 0.3 is 0 Å². The van der Waals surface area contributed by atoms with Crippen molar-refractivity contribution in [3.05, 3.63) is 53.9 Å². The summed E-state index contributed by atoms with van der Waals surface area (Å²) in [5.74, 6) is 1.03. The molecule has 2 aromatic rings. The fourth-order valence-electron chi connectivity index (χ4n) is 1.57. The molecule has 1 heterocycles. The van der Waals surface area contributed by atoms with E-state index < -0.39 is 6.10 Å². The Kier molecular flexibility index (Phi) is 3.56. The van der Waals surface area contributed by atoms with Gasteiger partial charge in [0.05, 0.1) is 23.9 Å². The molecule has 1 N–H and O–H groups in total. The first-order valence-electron chi connectivity index (χ1n) is 5.50. The minimum atomic E-state index is -0.663. The fraction of sp³-hybridized carbons (Fsp3) is 0.143. The quantitative estimate of drug-likeness (QED) is 0.895. The van der Waals surface area contributed by atoms with Gasteiger partial charge in [0.25, 0.3) is 0 Å². The molecule has 0 saturated carbocycles. The van der Waals surface area contributed by atoms with Gasteiger partial charge in [-0.05, 0) is 31.2 Å². The fourth-order valence-corrected chi connectivity index (χ4v) is 1.57. The van der Waals surface area contributed by atoms with Crippen LogP contribution in [0.2, 0.25) is 0 Å². The second-order valence-electron chi connectivity index (χ2n) is 3.83. The highest BCUT2D eigenvalue weighted by Crippen LogP contribution is 2.30. The van der Waals surface area contributed by atoms with Crippen molar-refractivity contribution < 1.29 is 9.84 Å². The molecule has 0 saturated heterocycles. The van der Waals surface area contributed by atoms with Crippen LogP contribution in [0, 0.1) is 11.3 Å². The minimum Gasteiger partial charge on any atom is -0.455 e. The third kappa shape index (κ3) is 2.65. The Balaban J connectivity index is 2.39. The van der Waals surface area contributed by atoms with Crippen LogP contribution in [-0.2, 0) is 0 Å². The summed E-state index contributed by atoms with van der Waals surface area (Å²) in [6.45, 7) is 1.65. The Labute approximate surface area is 105 Å². The maximum atomic E-state index is 9.67. The number of aromatic nitrogens is 1. The molecule has 0 bridgehead atoms. The Morgan fingerprint density at radius 3 is 2.83 bits per heavy atom. The van der Waals surface area contributed by atoms with Gasteiger partial charge in [0.15, 0.2) is 0 Å². The molecule has 0 amide bonds. The molecule has 0 aliphatic carbocycles. The summed E-state index contributed by atoms with van der Waals surface area (Å²) in [4.78, 5) is 3.95. The van der Waals surface area contributed by atoms with Gasteiger partial charge in [-0.25, -0.2) is 0 Å². The molecule has 0 spiro atoms. The average Bonchev–Trinajstić information content (AvgIpc) is 2.39. The lowest BCUT2D eigenvalue weighted by Gasteiger charge is -2.13. The number of aliphatic hydroxyl groups excluding tert-OH is 1. The first-order valence-corrected chi connectivity index (χ1v) is 5.50. The number of nitrogens with zero attached hydrogens (tertiary/aromatic N) is 2. The molecule has 1 aromatic heterocycles. The summed E-state index contributed by atoms with van der Waals surface area (Å²) >= 11 is 0. The number of hydrogen-bond donors (Lipinski definition) is 1. The van der Waals surface area contributed by atoms with Gasteiger partial charge in [0.2, 0.25) is 0 Å². The highest BCUT2D eigenvalue weighted by molar-refractivity contribution is 5.45. The molecule has 90 valence electrons. The molecular formula is C14H12N2O2. The topological polar surface area (TPSA) is 66.1 Å². The number of aliphatic hydroxyl groups is 1. The Morgan fingerprint density at radius 2 is 2.22 bits per heavy atom. The van der Waals surface area contributed by atoms with Crippen molar-refractivity contribution in [3.63, 3.8) is 0 Å². The highest BCUT2D eigenvalue weighted by atomic mass is 16.5. The van der Waals surface area contributed by atoms with E-state index in [0.717, 1.165) is 0 Å². The SMILES string of the molecule is C[C@H](O)c1ccc(C#N)cc1Oc1cccnc1. The van der Waals surface area contributed by atoms with Crippen LogP contribution in [-0.4, -0.2) is 10.1 Å². The molecule has 4 nitrogen and oxygen atoms in total. The highest BCUT2D eigenvalue weighted by Gasteiger charge is 2.11. The average molecular weight is 240 g/mol. The van der Waals surface area contributed by atoms with E-state index in [2.05, 4.69) is 4.98 Å². The number of pyridine rings is 1. The smallest absolute Gasteiger partial charge is 0.145 e. The van der Waals surface area contributed by atoms with E-state index in [9.17, 15) is 5.11 Å². The van der Waals surface area contributed by atoms with Gasteiger partial charge in [0, 0.05) is 11.8 Å². The van der Waals surface area contributed by atoms with E-state index in [-0.39, 0.29) is 0 Å². The number of nitriles is 1. The van der Waals surface area contributed by atoms with Gasteiger partial charge in [0.1, 0.15) is 11.5 Å². The molecule has 2 rings (SSSR count). The zero-order valence-corrected chi connectivity index (χ0v) is 9.87. The van der Waals surface area contributed by atoms with Crippen molar-refractivity contribution in [1.29, 1.82) is 5.26 Å². The predicted molar refractivity (Wildman–Crippen MR) is 66.1 cm³/mol. The Hall–Kier alpha value is -2.38. The van der Waals surface area contributed by atoms with Crippen LogP contribution in [0.25, 0.3) is 0 Å².